The molecule has 100 valence electrons. The summed E-state index contributed by atoms with van der Waals surface area (Å²) >= 11 is 0. The summed E-state index contributed by atoms with van der Waals surface area (Å²) in [5, 5.41) is 4.81. The number of carbonyl (C=O) groups excluding carboxylic acids is 1. The first-order chi connectivity index (χ1) is 9.83. The Morgan fingerprint density at radius 2 is 2.10 bits per heavy atom. The largest absolute Gasteiger partial charge is 0.351 e. The van der Waals surface area contributed by atoms with Gasteiger partial charge in [0.15, 0.2) is 0 Å². The third kappa shape index (κ3) is 1.63. The van der Waals surface area contributed by atoms with Gasteiger partial charge < -0.3 is 14.0 Å². The number of para-hydroxylation sites is 1. The first kappa shape index (κ1) is 11.3. The summed E-state index contributed by atoms with van der Waals surface area (Å²) in [6.45, 7) is 2.10. The zero-order valence-corrected chi connectivity index (χ0v) is 10.8. The standard InChI is InChI=1S/C15H13N3O2/c19-15(14-5-6-16-20-14)17-7-8-18-12(10-17)9-11-3-1-2-4-13(11)18/h1-6,9H,7-8,10H2. The van der Waals surface area contributed by atoms with E-state index in [1.165, 1.54) is 17.1 Å². The first-order valence-electron chi connectivity index (χ1n) is 6.60. The van der Waals surface area contributed by atoms with Crippen molar-refractivity contribution in [3.63, 3.8) is 0 Å². The molecule has 0 saturated carbocycles. The molecule has 0 atom stereocenters. The molecule has 1 aromatic carbocycles. The van der Waals surface area contributed by atoms with E-state index in [0.29, 0.717) is 18.8 Å². The summed E-state index contributed by atoms with van der Waals surface area (Å²) in [4.78, 5) is 14.1. The Morgan fingerprint density at radius 3 is 2.95 bits per heavy atom. The molecule has 5 heteroatoms. The van der Waals surface area contributed by atoms with E-state index in [1.807, 2.05) is 12.1 Å². The van der Waals surface area contributed by atoms with Crippen LogP contribution < -0.4 is 0 Å². The third-order valence-corrected chi connectivity index (χ3v) is 3.78. The minimum Gasteiger partial charge on any atom is -0.351 e. The van der Waals surface area contributed by atoms with Gasteiger partial charge in [-0.3, -0.25) is 4.79 Å². The lowest BCUT2D eigenvalue weighted by molar-refractivity contribution is 0.0670. The summed E-state index contributed by atoms with van der Waals surface area (Å²) in [6.07, 6.45) is 1.49. The van der Waals surface area contributed by atoms with Crippen LogP contribution in [0.5, 0.6) is 0 Å². The van der Waals surface area contributed by atoms with Gasteiger partial charge in [-0.25, -0.2) is 0 Å². The van der Waals surface area contributed by atoms with Gasteiger partial charge in [0, 0.05) is 30.4 Å². The molecule has 1 aliphatic rings. The molecule has 20 heavy (non-hydrogen) atoms. The van der Waals surface area contributed by atoms with Crippen molar-refractivity contribution in [1.82, 2.24) is 14.6 Å². The normalized spacial score (nSPS) is 14.5. The Bertz CT molecular complexity index is 774. The Labute approximate surface area is 115 Å². The minimum absolute atomic E-state index is 0.0981. The van der Waals surface area contributed by atoms with E-state index < -0.39 is 0 Å². The highest BCUT2D eigenvalue weighted by atomic mass is 16.5. The van der Waals surface area contributed by atoms with Crippen molar-refractivity contribution in [2.24, 2.45) is 0 Å². The molecule has 1 amide bonds. The van der Waals surface area contributed by atoms with Crippen LogP contribution in [0, 0.1) is 0 Å². The molecule has 0 bridgehead atoms. The van der Waals surface area contributed by atoms with Gasteiger partial charge in [0.2, 0.25) is 5.76 Å². The molecule has 0 saturated heterocycles. The fourth-order valence-corrected chi connectivity index (χ4v) is 2.81. The third-order valence-electron chi connectivity index (χ3n) is 3.78. The molecule has 0 unspecified atom stereocenters. The molecule has 4 rings (SSSR count). The van der Waals surface area contributed by atoms with E-state index in [0.717, 1.165) is 12.2 Å². The van der Waals surface area contributed by atoms with Crippen LogP contribution >= 0.6 is 0 Å². The maximum Gasteiger partial charge on any atom is 0.292 e. The van der Waals surface area contributed by atoms with E-state index in [2.05, 4.69) is 27.9 Å². The van der Waals surface area contributed by atoms with Gasteiger partial charge in [-0.15, -0.1) is 0 Å². The zero-order chi connectivity index (χ0) is 13.5. The second kappa shape index (κ2) is 4.23. The van der Waals surface area contributed by atoms with Gasteiger partial charge >= 0.3 is 0 Å². The van der Waals surface area contributed by atoms with Crippen molar-refractivity contribution in [2.75, 3.05) is 6.54 Å². The molecule has 5 nitrogen and oxygen atoms in total. The topological polar surface area (TPSA) is 51.3 Å². The fourth-order valence-electron chi connectivity index (χ4n) is 2.81. The summed E-state index contributed by atoms with van der Waals surface area (Å²) in [5.74, 6) is 0.202. The number of hydrogen-bond donors (Lipinski definition) is 0. The average Bonchev–Trinajstić information content (AvgIpc) is 3.13. The predicted molar refractivity (Wildman–Crippen MR) is 73.2 cm³/mol. The van der Waals surface area contributed by atoms with Crippen LogP contribution in [0.3, 0.4) is 0 Å². The number of carbonyl (C=O) groups is 1. The van der Waals surface area contributed by atoms with Crippen LogP contribution in [0.2, 0.25) is 0 Å². The molecule has 1 aliphatic heterocycles. The van der Waals surface area contributed by atoms with Crippen molar-refractivity contribution in [1.29, 1.82) is 0 Å². The van der Waals surface area contributed by atoms with Crippen molar-refractivity contribution < 1.29 is 9.32 Å². The summed E-state index contributed by atoms with van der Waals surface area (Å²) in [7, 11) is 0. The minimum atomic E-state index is -0.0981. The number of fused-ring (bicyclic) bond motifs is 3. The van der Waals surface area contributed by atoms with Gasteiger partial charge in [-0.05, 0) is 17.5 Å². The molecule has 0 aliphatic carbocycles. The molecule has 3 heterocycles. The van der Waals surface area contributed by atoms with Gasteiger partial charge in [0.1, 0.15) is 0 Å². The fraction of sp³-hybridized carbons (Fsp3) is 0.200. The average molecular weight is 267 g/mol. The van der Waals surface area contributed by atoms with Gasteiger partial charge in [-0.1, -0.05) is 23.4 Å². The molecule has 0 radical (unpaired) electrons. The highest BCUT2D eigenvalue weighted by molar-refractivity contribution is 5.91. The van der Waals surface area contributed by atoms with Crippen LogP contribution in [0.15, 0.2) is 47.1 Å². The highest BCUT2D eigenvalue weighted by Gasteiger charge is 2.24. The Hall–Kier alpha value is -2.56. The van der Waals surface area contributed by atoms with Gasteiger partial charge in [0.25, 0.3) is 5.91 Å². The van der Waals surface area contributed by atoms with E-state index in [4.69, 9.17) is 4.52 Å². The molecule has 3 aromatic rings. The summed E-state index contributed by atoms with van der Waals surface area (Å²) in [5.41, 5.74) is 2.39. The van der Waals surface area contributed by atoms with Gasteiger partial charge in [-0.2, -0.15) is 0 Å². The van der Waals surface area contributed by atoms with Crippen LogP contribution in [-0.4, -0.2) is 27.1 Å². The van der Waals surface area contributed by atoms with E-state index in [9.17, 15) is 4.79 Å². The van der Waals surface area contributed by atoms with E-state index in [1.54, 1.807) is 11.0 Å². The van der Waals surface area contributed by atoms with E-state index in [-0.39, 0.29) is 5.91 Å². The van der Waals surface area contributed by atoms with Crippen LogP contribution in [0.4, 0.5) is 0 Å². The lowest BCUT2D eigenvalue weighted by atomic mass is 10.2. The van der Waals surface area contributed by atoms with Crippen LogP contribution in [0.25, 0.3) is 10.9 Å². The van der Waals surface area contributed by atoms with Crippen molar-refractivity contribution in [3.8, 4) is 0 Å². The van der Waals surface area contributed by atoms with E-state index >= 15 is 0 Å². The maximum atomic E-state index is 12.3. The summed E-state index contributed by atoms with van der Waals surface area (Å²) < 4.78 is 7.22. The molecular weight excluding hydrogens is 254 g/mol. The second-order valence-corrected chi connectivity index (χ2v) is 4.95. The number of aromatic nitrogens is 2. The molecule has 2 aromatic heterocycles. The smallest absolute Gasteiger partial charge is 0.292 e. The lowest BCUT2D eigenvalue weighted by Crippen LogP contribution is -2.37. The Morgan fingerprint density at radius 1 is 1.20 bits per heavy atom. The number of nitrogens with zero attached hydrogens (tertiary/aromatic N) is 3. The number of hydrogen-bond acceptors (Lipinski definition) is 3. The predicted octanol–water partition coefficient (Wildman–Crippen LogP) is 2.29. The molecular formula is C15H13N3O2. The quantitative estimate of drug-likeness (QED) is 0.679. The van der Waals surface area contributed by atoms with Crippen molar-refractivity contribution >= 4 is 16.8 Å². The number of amides is 1. The summed E-state index contributed by atoms with van der Waals surface area (Å²) in [6, 6.07) is 12.0. The van der Waals surface area contributed by atoms with Crippen LogP contribution in [0.1, 0.15) is 16.2 Å². The molecule has 0 N–H and O–H groups in total. The van der Waals surface area contributed by atoms with Crippen molar-refractivity contribution in [2.45, 2.75) is 13.1 Å². The van der Waals surface area contributed by atoms with Crippen molar-refractivity contribution in [3.05, 3.63) is 54.0 Å². The Balaban J connectivity index is 1.68. The monoisotopic (exact) mass is 267 g/mol. The maximum absolute atomic E-state index is 12.3. The number of benzene rings is 1. The molecule has 0 spiro atoms. The zero-order valence-electron chi connectivity index (χ0n) is 10.8. The Kier molecular flexibility index (Phi) is 2.39. The molecule has 0 fully saturated rings. The second-order valence-electron chi connectivity index (χ2n) is 4.95. The lowest BCUT2D eigenvalue weighted by Gasteiger charge is -2.28. The van der Waals surface area contributed by atoms with Crippen LogP contribution in [-0.2, 0) is 13.1 Å². The SMILES string of the molecule is O=C(c1ccno1)N1CCn2c(cc3ccccc32)C1. The first-order valence-corrected chi connectivity index (χ1v) is 6.60. The van der Waals surface area contributed by atoms with Gasteiger partial charge in [0.05, 0.1) is 12.7 Å². The number of rotatable bonds is 1. The highest BCUT2D eigenvalue weighted by Crippen LogP contribution is 2.24.